The molecule has 0 aliphatic rings. The Morgan fingerprint density at radius 2 is 2.04 bits per heavy atom. The summed E-state index contributed by atoms with van der Waals surface area (Å²) in [5.41, 5.74) is 3.62. The summed E-state index contributed by atoms with van der Waals surface area (Å²) >= 11 is 1.38. The van der Waals surface area contributed by atoms with Gasteiger partial charge in [-0.1, -0.05) is 0 Å². The number of methoxy groups -OCH3 is 1. The summed E-state index contributed by atoms with van der Waals surface area (Å²) in [6.07, 6.45) is 2.04. The Balaban J connectivity index is 2.07. The zero-order valence-corrected chi connectivity index (χ0v) is 15.5. The lowest BCUT2D eigenvalue weighted by atomic mass is 10.1. The second kappa shape index (κ2) is 7.57. The molecule has 0 bridgehead atoms. The van der Waals surface area contributed by atoms with Crippen LogP contribution in [0.25, 0.3) is 0 Å². The number of ketones is 1. The minimum absolute atomic E-state index is 0.0105. The lowest BCUT2D eigenvalue weighted by Gasteiger charge is -2.19. The van der Waals surface area contributed by atoms with E-state index in [1.807, 2.05) is 19.2 Å². The molecular weight excluding hydrogens is 324 g/mol. The molecule has 0 aromatic carbocycles. The van der Waals surface area contributed by atoms with Crippen molar-refractivity contribution in [3.8, 4) is 5.75 Å². The summed E-state index contributed by atoms with van der Waals surface area (Å²) in [6.45, 7) is 5.85. The quantitative estimate of drug-likeness (QED) is 0.754. The summed E-state index contributed by atoms with van der Waals surface area (Å²) in [5.74, 6) is 0.826. The topological polar surface area (TPSA) is 59.5 Å². The SMILES string of the molecule is COc1c(C)cnc(CN(C)C(=O)Cc2csc(C(C)=O)c2)c1C. The number of thiophene rings is 1. The van der Waals surface area contributed by atoms with Crippen LogP contribution in [0, 0.1) is 13.8 Å². The minimum atomic E-state index is -0.0105. The third kappa shape index (κ3) is 4.00. The molecule has 0 atom stereocenters. The molecule has 6 heteroatoms. The lowest BCUT2D eigenvalue weighted by molar-refractivity contribution is -0.129. The van der Waals surface area contributed by atoms with Crippen LogP contribution in [-0.4, -0.2) is 35.7 Å². The fourth-order valence-corrected chi connectivity index (χ4v) is 3.32. The largest absolute Gasteiger partial charge is 0.496 e. The first kappa shape index (κ1) is 18.1. The number of ether oxygens (including phenoxy) is 1. The van der Waals surface area contributed by atoms with E-state index in [1.54, 1.807) is 31.3 Å². The highest BCUT2D eigenvalue weighted by molar-refractivity contribution is 7.12. The van der Waals surface area contributed by atoms with E-state index in [2.05, 4.69) is 4.98 Å². The highest BCUT2D eigenvalue weighted by Crippen LogP contribution is 2.24. The molecule has 0 radical (unpaired) electrons. The van der Waals surface area contributed by atoms with E-state index < -0.39 is 0 Å². The van der Waals surface area contributed by atoms with Crippen LogP contribution >= 0.6 is 11.3 Å². The number of aromatic nitrogens is 1. The van der Waals surface area contributed by atoms with Crippen LogP contribution in [0.15, 0.2) is 17.6 Å². The van der Waals surface area contributed by atoms with Crippen molar-refractivity contribution in [1.29, 1.82) is 0 Å². The van der Waals surface area contributed by atoms with Crippen molar-refractivity contribution in [3.63, 3.8) is 0 Å². The molecule has 0 spiro atoms. The van der Waals surface area contributed by atoms with Crippen molar-refractivity contribution in [2.24, 2.45) is 0 Å². The number of nitrogens with zero attached hydrogens (tertiary/aromatic N) is 2. The van der Waals surface area contributed by atoms with Gasteiger partial charge >= 0.3 is 0 Å². The van der Waals surface area contributed by atoms with Gasteiger partial charge in [-0.05, 0) is 37.8 Å². The van der Waals surface area contributed by atoms with E-state index in [0.29, 0.717) is 11.4 Å². The number of aryl methyl sites for hydroxylation is 1. The van der Waals surface area contributed by atoms with Crippen molar-refractivity contribution < 1.29 is 14.3 Å². The van der Waals surface area contributed by atoms with Gasteiger partial charge < -0.3 is 9.64 Å². The monoisotopic (exact) mass is 346 g/mol. The number of amides is 1. The fourth-order valence-electron chi connectivity index (χ4n) is 2.51. The first-order valence-electron chi connectivity index (χ1n) is 7.64. The van der Waals surface area contributed by atoms with Crippen molar-refractivity contribution in [2.45, 2.75) is 33.7 Å². The zero-order chi connectivity index (χ0) is 17.9. The lowest BCUT2D eigenvalue weighted by Crippen LogP contribution is -2.28. The third-order valence-electron chi connectivity index (χ3n) is 3.92. The molecule has 0 fully saturated rings. The number of rotatable bonds is 6. The first-order chi connectivity index (χ1) is 11.3. The maximum absolute atomic E-state index is 12.4. The predicted molar refractivity (Wildman–Crippen MR) is 94.8 cm³/mol. The van der Waals surface area contributed by atoms with Crippen LogP contribution in [0.5, 0.6) is 5.75 Å². The number of hydrogen-bond acceptors (Lipinski definition) is 5. The highest BCUT2D eigenvalue weighted by Gasteiger charge is 2.16. The van der Waals surface area contributed by atoms with Gasteiger partial charge in [-0.3, -0.25) is 14.6 Å². The van der Waals surface area contributed by atoms with Crippen molar-refractivity contribution >= 4 is 23.0 Å². The minimum Gasteiger partial charge on any atom is -0.496 e. The molecule has 2 heterocycles. The Kier molecular flexibility index (Phi) is 5.72. The molecule has 0 unspecified atom stereocenters. The Bertz CT molecular complexity index is 768. The number of carbonyl (C=O) groups is 2. The third-order valence-corrected chi connectivity index (χ3v) is 5.00. The summed E-state index contributed by atoms with van der Waals surface area (Å²) < 4.78 is 5.41. The molecular formula is C18H22N2O3S. The number of likely N-dealkylation sites (N-methyl/N-ethyl adjacent to an activating group) is 1. The molecule has 2 rings (SSSR count). The number of hydrogen-bond donors (Lipinski definition) is 0. The predicted octanol–water partition coefficient (Wildman–Crippen LogP) is 3.17. The Labute approximate surface area is 146 Å². The number of carbonyl (C=O) groups excluding carboxylic acids is 2. The van der Waals surface area contributed by atoms with Crippen LogP contribution < -0.4 is 4.74 Å². The Morgan fingerprint density at radius 1 is 1.33 bits per heavy atom. The summed E-state index contributed by atoms with van der Waals surface area (Å²) in [4.78, 5) is 30.5. The number of pyridine rings is 1. The van der Waals surface area contributed by atoms with Crippen LogP contribution in [0.2, 0.25) is 0 Å². The standard InChI is InChI=1S/C18H22N2O3S/c1-11-8-19-15(12(2)18(11)23-5)9-20(4)17(22)7-14-6-16(13(3)21)24-10-14/h6,8,10H,7,9H2,1-5H3. The molecule has 128 valence electrons. The van der Waals surface area contributed by atoms with Gasteiger partial charge in [-0.15, -0.1) is 11.3 Å². The summed E-state index contributed by atoms with van der Waals surface area (Å²) in [7, 11) is 3.39. The molecule has 0 aliphatic carbocycles. The molecule has 2 aromatic rings. The number of Topliss-reactive ketones (excluding diaryl/α,β-unsaturated/α-hetero) is 1. The van der Waals surface area contributed by atoms with Gasteiger partial charge in [0.05, 0.1) is 30.6 Å². The van der Waals surface area contributed by atoms with Crippen LogP contribution in [-0.2, 0) is 17.8 Å². The maximum atomic E-state index is 12.4. The smallest absolute Gasteiger partial charge is 0.227 e. The van der Waals surface area contributed by atoms with Crippen molar-refractivity contribution in [3.05, 3.63) is 44.9 Å². The first-order valence-corrected chi connectivity index (χ1v) is 8.52. The van der Waals surface area contributed by atoms with Gasteiger partial charge in [0.15, 0.2) is 5.78 Å². The molecule has 2 aromatic heterocycles. The molecule has 0 aliphatic heterocycles. The normalized spacial score (nSPS) is 10.5. The van der Waals surface area contributed by atoms with Crippen LogP contribution in [0.4, 0.5) is 0 Å². The van der Waals surface area contributed by atoms with Gasteiger partial charge in [-0.25, -0.2) is 0 Å². The summed E-state index contributed by atoms with van der Waals surface area (Å²) in [5, 5.41) is 1.86. The van der Waals surface area contributed by atoms with Crippen molar-refractivity contribution in [2.75, 3.05) is 14.2 Å². The molecule has 1 amide bonds. The van der Waals surface area contributed by atoms with Gasteiger partial charge in [-0.2, -0.15) is 0 Å². The average molecular weight is 346 g/mol. The molecule has 0 saturated carbocycles. The second-order valence-electron chi connectivity index (χ2n) is 5.85. The van der Waals surface area contributed by atoms with E-state index >= 15 is 0 Å². The molecule has 24 heavy (non-hydrogen) atoms. The van der Waals surface area contributed by atoms with Crippen molar-refractivity contribution in [1.82, 2.24) is 9.88 Å². The molecule has 5 nitrogen and oxygen atoms in total. The highest BCUT2D eigenvalue weighted by atomic mass is 32.1. The summed E-state index contributed by atoms with van der Waals surface area (Å²) in [6, 6.07) is 1.79. The van der Waals surface area contributed by atoms with Gasteiger partial charge in [0.25, 0.3) is 0 Å². The second-order valence-corrected chi connectivity index (χ2v) is 6.76. The average Bonchev–Trinajstić information content (AvgIpc) is 2.99. The molecule has 0 saturated heterocycles. The van der Waals surface area contributed by atoms with E-state index in [9.17, 15) is 9.59 Å². The van der Waals surface area contributed by atoms with E-state index in [4.69, 9.17) is 4.74 Å². The zero-order valence-electron chi connectivity index (χ0n) is 14.7. The maximum Gasteiger partial charge on any atom is 0.227 e. The molecule has 0 N–H and O–H groups in total. The van der Waals surface area contributed by atoms with Gasteiger partial charge in [0, 0.05) is 24.4 Å². The van der Waals surface area contributed by atoms with E-state index in [-0.39, 0.29) is 18.1 Å². The van der Waals surface area contributed by atoms with Crippen LogP contribution in [0.3, 0.4) is 0 Å². The van der Waals surface area contributed by atoms with Gasteiger partial charge in [0.2, 0.25) is 5.91 Å². The van der Waals surface area contributed by atoms with Crippen LogP contribution in [0.1, 0.15) is 39.0 Å². The van der Waals surface area contributed by atoms with E-state index in [0.717, 1.165) is 28.1 Å². The Hall–Kier alpha value is -2.21. The van der Waals surface area contributed by atoms with E-state index in [1.165, 1.54) is 18.3 Å². The fraction of sp³-hybridized carbons (Fsp3) is 0.389. The van der Waals surface area contributed by atoms with Gasteiger partial charge in [0.1, 0.15) is 5.75 Å². The Morgan fingerprint density at radius 3 is 2.62 bits per heavy atom.